The summed E-state index contributed by atoms with van der Waals surface area (Å²) >= 11 is 18.2. The summed E-state index contributed by atoms with van der Waals surface area (Å²) in [6, 6.07) is 45.4. The predicted octanol–water partition coefficient (Wildman–Crippen LogP) is 13.0. The van der Waals surface area contributed by atoms with Gasteiger partial charge in [0, 0.05) is 97.2 Å². The molecule has 18 rings (SSSR count). The zero-order chi connectivity index (χ0) is 101. The van der Waals surface area contributed by atoms with Crippen LogP contribution in [0.3, 0.4) is 0 Å². The minimum Gasteiger partial charge on any atom is -0.423 e. The first kappa shape index (κ1) is 104. The van der Waals surface area contributed by atoms with Gasteiger partial charge in [-0.05, 0) is 273 Å². The molecule has 6 N–H and O–H groups in total. The number of benzene rings is 6. The summed E-state index contributed by atoms with van der Waals surface area (Å²) in [5, 5.41) is 61.2. The fourth-order valence-electron chi connectivity index (χ4n) is 17.2. The smallest absolute Gasteiger partial charge is 0.423 e. The Hall–Kier alpha value is -11.2. The van der Waals surface area contributed by atoms with Crippen LogP contribution in [-0.2, 0) is 100 Å². The van der Waals surface area contributed by atoms with Crippen LogP contribution in [0, 0.1) is 59.1 Å². The molecule has 6 aliphatic rings. The number of nitrogens with zero attached hydrogens (tertiary/aromatic N) is 6. The van der Waals surface area contributed by atoms with E-state index in [0.29, 0.717) is 82.3 Å². The van der Waals surface area contributed by atoms with Crippen molar-refractivity contribution in [2.45, 2.75) is 197 Å². The highest BCUT2D eigenvalue weighted by molar-refractivity contribution is 6.64. The molecule has 0 saturated heterocycles. The van der Waals surface area contributed by atoms with Crippen LogP contribution in [-0.4, -0.2) is 137 Å². The molecule has 0 fully saturated rings. The van der Waals surface area contributed by atoms with Crippen LogP contribution in [0.15, 0.2) is 183 Å². The molecule has 6 aliphatic heterocycles. The molecule has 0 unspecified atom stereocenters. The number of fused-ring (bicyclic) bond motifs is 6. The molecule has 0 spiro atoms. The van der Waals surface area contributed by atoms with Gasteiger partial charge in [-0.2, -0.15) is 4.39 Å². The maximum atomic E-state index is 13.9. The SMILES string of the molecule is Cc1cc(Cl)c(C(=O)Cc2ccc3c(c2)B(O)OC3(C)C)cn1.Cc1cc(F)c(C(=O)Cc2ccc3c(c2)B(O)OC3(C)C)cn1.Cc1ccc(C(=O)Cc2ccc3c(c2)B(O)OC3(C)C)c(Cl)n1.Cc1ccc(C(=O)Cc2ccc3c(c2)B(O)OC3(C)C)c(F)n1.Cc1ncc(C(=O)Cc2ccc3c(c2)B(O)OC3(C)C)cc1Cl.Cc1ncc(C(=O)Cc2ccc3c(c2)B(O)OC3(C)C)cc1F. The van der Waals surface area contributed by atoms with Crippen molar-refractivity contribution in [2.24, 2.45) is 0 Å². The lowest BCUT2D eigenvalue weighted by Crippen LogP contribution is -2.29. The lowest BCUT2D eigenvalue weighted by Gasteiger charge is -2.19. The van der Waals surface area contributed by atoms with Crippen molar-refractivity contribution in [3.05, 3.63) is 350 Å². The topological polar surface area (TPSA) is 357 Å². The van der Waals surface area contributed by atoms with Crippen molar-refractivity contribution >= 4 is 145 Å². The van der Waals surface area contributed by atoms with Crippen LogP contribution in [0.4, 0.5) is 13.2 Å². The Morgan fingerprint density at radius 1 is 0.290 bits per heavy atom. The Bertz CT molecular complexity index is 6150. The van der Waals surface area contributed by atoms with Crippen molar-refractivity contribution in [2.75, 3.05) is 0 Å². The van der Waals surface area contributed by atoms with E-state index >= 15 is 0 Å². The van der Waals surface area contributed by atoms with E-state index in [9.17, 15) is 72.1 Å². The lowest BCUT2D eigenvalue weighted by atomic mass is 9.77. The molecular formula is C102H102B6Cl3F3N6O18. The van der Waals surface area contributed by atoms with Crippen molar-refractivity contribution in [3.8, 4) is 0 Å². The second-order valence-electron chi connectivity index (χ2n) is 37.8. The van der Waals surface area contributed by atoms with Gasteiger partial charge in [-0.3, -0.25) is 48.7 Å². The van der Waals surface area contributed by atoms with E-state index in [0.717, 1.165) is 72.5 Å². The van der Waals surface area contributed by atoms with Crippen LogP contribution in [0.2, 0.25) is 15.2 Å². The van der Waals surface area contributed by atoms with Gasteiger partial charge in [0.25, 0.3) is 0 Å². The summed E-state index contributed by atoms with van der Waals surface area (Å²) in [6.07, 6.45) is 6.52. The lowest BCUT2D eigenvalue weighted by molar-refractivity contribution is 0.0979. The third-order valence-electron chi connectivity index (χ3n) is 24.7. The first-order valence-corrected chi connectivity index (χ1v) is 45.7. The molecule has 0 atom stereocenters. The molecular weight excluding hydrogens is 1830 g/mol. The van der Waals surface area contributed by atoms with Crippen molar-refractivity contribution in [1.29, 1.82) is 0 Å². The van der Waals surface area contributed by atoms with E-state index < -0.39 is 93.9 Å². The highest BCUT2D eigenvalue weighted by atomic mass is 35.5. The Labute approximate surface area is 816 Å². The van der Waals surface area contributed by atoms with Gasteiger partial charge in [0.1, 0.15) is 16.8 Å². The number of Topliss-reactive ketones (excluding diaryl/α,β-unsaturated/α-hetero) is 6. The van der Waals surface area contributed by atoms with Crippen LogP contribution >= 0.6 is 34.8 Å². The van der Waals surface area contributed by atoms with Gasteiger partial charge >= 0.3 is 42.7 Å². The number of carbonyl (C=O) groups excluding carboxylic acids is 6. The molecule has 24 nitrogen and oxygen atoms in total. The van der Waals surface area contributed by atoms with Gasteiger partial charge < -0.3 is 58.1 Å². The van der Waals surface area contributed by atoms with Gasteiger partial charge in [0.05, 0.1) is 77.3 Å². The molecule has 36 heteroatoms. The molecule has 0 aliphatic carbocycles. The van der Waals surface area contributed by atoms with Gasteiger partial charge in [0.2, 0.25) is 5.95 Å². The second kappa shape index (κ2) is 41.7. The third-order valence-corrected chi connectivity index (χ3v) is 25.6. The number of aryl methyl sites for hydroxylation is 6. The highest BCUT2D eigenvalue weighted by Crippen LogP contribution is 2.38. The number of halogens is 6. The zero-order valence-electron chi connectivity index (χ0n) is 79.6. The third kappa shape index (κ3) is 23.9. The molecule has 12 aromatic rings. The number of hydrogen-bond donors (Lipinski definition) is 6. The molecule has 12 heterocycles. The molecule has 0 amide bonds. The van der Waals surface area contributed by atoms with Crippen molar-refractivity contribution in [1.82, 2.24) is 29.9 Å². The second-order valence-corrected chi connectivity index (χ2v) is 39.0. The van der Waals surface area contributed by atoms with E-state index in [1.807, 2.05) is 176 Å². The van der Waals surface area contributed by atoms with Crippen molar-refractivity contribution in [3.63, 3.8) is 0 Å². The summed E-state index contributed by atoms with van der Waals surface area (Å²) in [5.41, 5.74) is 16.1. The van der Waals surface area contributed by atoms with E-state index in [1.165, 1.54) is 43.0 Å². The molecule has 708 valence electrons. The average Bonchev–Trinajstić information content (AvgIpc) is 1.65. The normalized spacial score (nSPS) is 15.6. The molecule has 6 aromatic heterocycles. The van der Waals surface area contributed by atoms with E-state index in [1.54, 1.807) is 88.4 Å². The Morgan fingerprint density at radius 3 is 0.884 bits per heavy atom. The first-order chi connectivity index (χ1) is 64.7. The summed E-state index contributed by atoms with van der Waals surface area (Å²) in [7, 11) is -5.88. The number of ketones is 6. The predicted molar refractivity (Wildman–Crippen MR) is 526 cm³/mol. The van der Waals surface area contributed by atoms with Gasteiger partial charge in [0.15, 0.2) is 34.7 Å². The van der Waals surface area contributed by atoms with E-state index in [-0.39, 0.29) is 101 Å². The Morgan fingerprint density at radius 2 is 0.572 bits per heavy atom. The maximum absolute atomic E-state index is 13.9. The van der Waals surface area contributed by atoms with Crippen LogP contribution in [0.5, 0.6) is 0 Å². The first-order valence-electron chi connectivity index (χ1n) is 44.6. The number of rotatable bonds is 18. The minimum absolute atomic E-state index is 0.0202. The van der Waals surface area contributed by atoms with Crippen LogP contribution < -0.4 is 32.8 Å². The van der Waals surface area contributed by atoms with Gasteiger partial charge in [-0.15, -0.1) is 0 Å². The average molecular weight is 1930 g/mol. The molecule has 0 radical (unpaired) electrons. The molecule has 0 bridgehead atoms. The largest absolute Gasteiger partial charge is 0.492 e. The van der Waals surface area contributed by atoms with Gasteiger partial charge in [-0.25, -0.2) is 18.7 Å². The number of aromatic nitrogens is 6. The Balaban J connectivity index is 0.000000140. The number of hydrogen-bond acceptors (Lipinski definition) is 24. The standard InChI is InChI=1S/3C17H17BClNO3.3C17H17BFNO3/c1-10-4-6-12(16(19)20-10)15(21)9-11-5-7-13-14(8-11)18(22)23-17(13,2)3;1-10-15(19)8-12(9-20-10)16(21)7-11-4-5-13-14(6-11)18(22)23-17(13,2)3;1-10-6-15(19)12(9-20-10)16(21)8-11-4-5-13-14(7-11)18(22)23-17(13,2)3;1-10-4-6-12(16(19)20-10)15(21)9-11-5-7-13-14(8-11)18(22)23-17(13,2)3;1-10-15(19)8-12(9-20-10)16(21)7-11-4-5-13-14(6-11)18(22)23-17(13,2)3;1-10-6-15(19)12(9-20-10)16(21)8-11-4-5-13-14(7-11)18(22)23-17(13,2)3/h4-8,22H,9H2,1-3H3;4-6,8-9,22H,7H2,1-3H3;4-7,9,22H,8H2,1-3H3;4-8,22H,9H2,1-3H3;4-6,8-9,22H,7H2,1-3H3;4-7,9,22H,8H2,1-3H3. The quantitative estimate of drug-likeness (QED) is 0.0264. The maximum Gasteiger partial charge on any atom is 0.492 e. The molecule has 138 heavy (non-hydrogen) atoms. The fraction of sp³-hybridized carbons (Fsp3) is 0.294. The monoisotopic (exact) mass is 1930 g/mol. The zero-order valence-corrected chi connectivity index (χ0v) is 81.8. The summed E-state index contributed by atoms with van der Waals surface area (Å²) in [5.74, 6) is -2.98. The highest BCUT2D eigenvalue weighted by Gasteiger charge is 2.47. The Kier molecular flexibility index (Phi) is 31.5. The summed E-state index contributed by atoms with van der Waals surface area (Å²) < 4.78 is 74.3. The minimum atomic E-state index is -1.01. The van der Waals surface area contributed by atoms with Crippen LogP contribution in [0.25, 0.3) is 0 Å². The number of pyridine rings is 6. The molecule has 6 aromatic carbocycles. The summed E-state index contributed by atoms with van der Waals surface area (Å²) in [6.45, 7) is 33.0. The van der Waals surface area contributed by atoms with E-state index in [2.05, 4.69) is 29.9 Å². The summed E-state index contributed by atoms with van der Waals surface area (Å²) in [4.78, 5) is 98.0. The van der Waals surface area contributed by atoms with Gasteiger partial charge in [-0.1, -0.05) is 144 Å². The van der Waals surface area contributed by atoms with Crippen LogP contribution in [0.1, 0.15) is 246 Å². The fourth-order valence-corrected chi connectivity index (χ4v) is 18.0. The number of carbonyl (C=O) groups is 6. The van der Waals surface area contributed by atoms with E-state index in [4.69, 9.17) is 62.7 Å². The molecule has 0 saturated carbocycles. The van der Waals surface area contributed by atoms with Crippen molar-refractivity contribution < 1.29 is 100 Å².